The van der Waals surface area contributed by atoms with Crippen molar-refractivity contribution in [2.24, 2.45) is 0 Å². The normalized spacial score (nSPS) is 16.7. The summed E-state index contributed by atoms with van der Waals surface area (Å²) in [5, 5.41) is 11.3. The van der Waals surface area contributed by atoms with Crippen LogP contribution in [0.1, 0.15) is 46.4 Å². The Morgan fingerprint density at radius 2 is 1.75 bits per heavy atom. The zero-order valence-electron chi connectivity index (χ0n) is 20.0. The zero-order valence-corrected chi connectivity index (χ0v) is 20.0. The standard InChI is InChI=1S/C28H26N2O6/c1-3-15-36-22-6-4-5-21(16-22)25(31)23-24(19-7-9-20(10-8-19)28(34)35-2)30(27(33)26(23)32)17-18-11-13-29-14-12-18/h4-14,16,24,31H,3,15,17H2,1-2H3/b25-23+. The summed E-state index contributed by atoms with van der Waals surface area (Å²) in [6, 6.07) is 15.8. The first-order valence-electron chi connectivity index (χ1n) is 11.5. The van der Waals surface area contributed by atoms with E-state index in [1.54, 1.807) is 73.1 Å². The fourth-order valence-corrected chi connectivity index (χ4v) is 4.10. The minimum absolute atomic E-state index is 0.0347. The maximum atomic E-state index is 13.3. The lowest BCUT2D eigenvalue weighted by Gasteiger charge is -2.25. The number of benzene rings is 2. The first-order valence-corrected chi connectivity index (χ1v) is 11.5. The monoisotopic (exact) mass is 486 g/mol. The highest BCUT2D eigenvalue weighted by molar-refractivity contribution is 6.46. The van der Waals surface area contributed by atoms with Crippen LogP contribution in [0.4, 0.5) is 0 Å². The minimum atomic E-state index is -0.870. The molecule has 36 heavy (non-hydrogen) atoms. The Bertz CT molecular complexity index is 1300. The van der Waals surface area contributed by atoms with Gasteiger partial charge < -0.3 is 19.5 Å². The highest BCUT2D eigenvalue weighted by Gasteiger charge is 2.46. The van der Waals surface area contributed by atoms with E-state index in [1.165, 1.54) is 12.0 Å². The van der Waals surface area contributed by atoms with Crippen LogP contribution in [0.5, 0.6) is 5.75 Å². The molecule has 0 saturated carbocycles. The van der Waals surface area contributed by atoms with E-state index in [2.05, 4.69) is 4.98 Å². The molecule has 1 aliphatic heterocycles. The van der Waals surface area contributed by atoms with Gasteiger partial charge in [-0.3, -0.25) is 14.6 Å². The summed E-state index contributed by atoms with van der Waals surface area (Å²) in [4.78, 5) is 43.8. The Balaban J connectivity index is 1.82. The molecule has 184 valence electrons. The molecule has 0 aliphatic carbocycles. The van der Waals surface area contributed by atoms with Crippen LogP contribution in [-0.2, 0) is 20.9 Å². The zero-order chi connectivity index (χ0) is 25.7. The highest BCUT2D eigenvalue weighted by Crippen LogP contribution is 2.40. The van der Waals surface area contributed by atoms with Gasteiger partial charge in [0.1, 0.15) is 11.5 Å². The molecular weight excluding hydrogens is 460 g/mol. The number of Topliss-reactive ketones (excluding diaryl/α,β-unsaturated/α-hetero) is 1. The van der Waals surface area contributed by atoms with Gasteiger partial charge in [-0.1, -0.05) is 31.2 Å². The first-order chi connectivity index (χ1) is 17.4. The number of nitrogens with zero attached hydrogens (tertiary/aromatic N) is 2. The van der Waals surface area contributed by atoms with Gasteiger partial charge in [0.25, 0.3) is 11.7 Å². The Hall–Kier alpha value is -4.46. The third-order valence-corrected chi connectivity index (χ3v) is 5.87. The Morgan fingerprint density at radius 1 is 1.03 bits per heavy atom. The maximum Gasteiger partial charge on any atom is 0.337 e. The number of hydrogen-bond acceptors (Lipinski definition) is 7. The molecule has 2 heterocycles. The molecule has 2 aromatic carbocycles. The van der Waals surface area contributed by atoms with Crippen LogP contribution < -0.4 is 4.74 Å². The number of rotatable bonds is 8. The lowest BCUT2D eigenvalue weighted by molar-refractivity contribution is -0.140. The number of pyridine rings is 1. The lowest BCUT2D eigenvalue weighted by atomic mass is 9.94. The average Bonchev–Trinajstić information content (AvgIpc) is 3.16. The number of aromatic nitrogens is 1. The number of methoxy groups -OCH3 is 1. The molecule has 1 fully saturated rings. The molecule has 1 aromatic heterocycles. The predicted octanol–water partition coefficient (Wildman–Crippen LogP) is 4.28. The quantitative estimate of drug-likeness (QED) is 0.219. The number of ketones is 1. The molecule has 1 unspecified atom stereocenters. The van der Waals surface area contributed by atoms with E-state index in [9.17, 15) is 19.5 Å². The van der Waals surface area contributed by atoms with E-state index >= 15 is 0 Å². The number of esters is 1. The molecule has 1 atom stereocenters. The smallest absolute Gasteiger partial charge is 0.337 e. The van der Waals surface area contributed by atoms with Gasteiger partial charge in [-0.15, -0.1) is 0 Å². The summed E-state index contributed by atoms with van der Waals surface area (Å²) < 4.78 is 10.4. The number of aliphatic hydroxyl groups is 1. The van der Waals surface area contributed by atoms with Gasteiger partial charge >= 0.3 is 5.97 Å². The van der Waals surface area contributed by atoms with E-state index in [-0.39, 0.29) is 17.9 Å². The average molecular weight is 487 g/mol. The van der Waals surface area contributed by atoms with Crippen molar-refractivity contribution in [2.45, 2.75) is 25.9 Å². The molecule has 8 heteroatoms. The van der Waals surface area contributed by atoms with Crippen LogP contribution in [-0.4, -0.2) is 46.4 Å². The van der Waals surface area contributed by atoms with Crippen molar-refractivity contribution >= 4 is 23.4 Å². The third-order valence-electron chi connectivity index (χ3n) is 5.87. The van der Waals surface area contributed by atoms with Gasteiger partial charge in [-0.25, -0.2) is 4.79 Å². The second kappa shape index (κ2) is 10.9. The van der Waals surface area contributed by atoms with Crippen LogP contribution in [0.15, 0.2) is 78.6 Å². The summed E-state index contributed by atoms with van der Waals surface area (Å²) in [7, 11) is 1.29. The summed E-state index contributed by atoms with van der Waals surface area (Å²) in [5.74, 6) is -1.77. The predicted molar refractivity (Wildman–Crippen MR) is 132 cm³/mol. The van der Waals surface area contributed by atoms with Crippen LogP contribution in [0.2, 0.25) is 0 Å². The number of carbonyl (C=O) groups is 3. The van der Waals surface area contributed by atoms with Gasteiger partial charge in [-0.05, 0) is 53.9 Å². The number of likely N-dealkylation sites (tertiary alicyclic amines) is 1. The Kier molecular flexibility index (Phi) is 7.44. The van der Waals surface area contributed by atoms with E-state index in [0.29, 0.717) is 29.0 Å². The second-order valence-electron chi connectivity index (χ2n) is 8.27. The van der Waals surface area contributed by atoms with Gasteiger partial charge in [0.05, 0.1) is 30.9 Å². The summed E-state index contributed by atoms with van der Waals surface area (Å²) in [6.45, 7) is 2.62. The fraction of sp³-hybridized carbons (Fsp3) is 0.214. The van der Waals surface area contributed by atoms with E-state index in [0.717, 1.165) is 12.0 Å². The van der Waals surface area contributed by atoms with Crippen LogP contribution in [0, 0.1) is 0 Å². The SMILES string of the molecule is CCCOc1cccc(/C(O)=C2\C(=O)C(=O)N(Cc3ccncc3)C2c2ccc(C(=O)OC)cc2)c1. The molecule has 8 nitrogen and oxygen atoms in total. The Morgan fingerprint density at radius 3 is 2.42 bits per heavy atom. The maximum absolute atomic E-state index is 13.3. The summed E-state index contributed by atoms with van der Waals surface area (Å²) >= 11 is 0. The van der Waals surface area contributed by atoms with Gasteiger partial charge in [0.15, 0.2) is 0 Å². The minimum Gasteiger partial charge on any atom is -0.507 e. The molecule has 0 bridgehead atoms. The molecule has 4 rings (SSSR count). The van der Waals surface area contributed by atoms with Gasteiger partial charge in [0.2, 0.25) is 0 Å². The molecule has 0 radical (unpaired) electrons. The summed E-state index contributed by atoms with van der Waals surface area (Å²) in [6.07, 6.45) is 4.03. The van der Waals surface area contributed by atoms with Crippen molar-refractivity contribution in [3.8, 4) is 5.75 Å². The number of aliphatic hydroxyl groups excluding tert-OH is 1. The van der Waals surface area contributed by atoms with Gasteiger partial charge in [-0.2, -0.15) is 0 Å². The molecular formula is C28H26N2O6. The van der Waals surface area contributed by atoms with Crippen molar-refractivity contribution in [3.05, 3.63) is 101 Å². The summed E-state index contributed by atoms with van der Waals surface area (Å²) in [5.41, 5.74) is 2.00. The number of carbonyl (C=O) groups excluding carboxylic acids is 3. The van der Waals surface area contributed by atoms with Gasteiger partial charge in [0, 0.05) is 24.5 Å². The van der Waals surface area contributed by atoms with Crippen LogP contribution >= 0.6 is 0 Å². The first kappa shape index (κ1) is 24.7. The van der Waals surface area contributed by atoms with Crippen molar-refractivity contribution in [2.75, 3.05) is 13.7 Å². The lowest BCUT2D eigenvalue weighted by Crippen LogP contribution is -2.29. The van der Waals surface area contributed by atoms with Crippen LogP contribution in [0.3, 0.4) is 0 Å². The van der Waals surface area contributed by atoms with Crippen molar-refractivity contribution in [1.29, 1.82) is 0 Å². The highest BCUT2D eigenvalue weighted by atomic mass is 16.5. The van der Waals surface area contributed by atoms with E-state index in [4.69, 9.17) is 9.47 Å². The van der Waals surface area contributed by atoms with Crippen molar-refractivity contribution in [1.82, 2.24) is 9.88 Å². The molecule has 3 aromatic rings. The molecule has 1 N–H and O–H groups in total. The number of ether oxygens (including phenoxy) is 2. The number of hydrogen-bond donors (Lipinski definition) is 1. The van der Waals surface area contributed by atoms with Crippen molar-refractivity contribution < 1.29 is 29.0 Å². The fourth-order valence-electron chi connectivity index (χ4n) is 4.10. The number of amides is 1. The largest absolute Gasteiger partial charge is 0.507 e. The topological polar surface area (TPSA) is 106 Å². The molecule has 0 spiro atoms. The van der Waals surface area contributed by atoms with E-state index in [1.807, 2.05) is 6.92 Å². The van der Waals surface area contributed by atoms with Crippen LogP contribution in [0.25, 0.3) is 5.76 Å². The molecule has 1 aliphatic rings. The molecule has 1 amide bonds. The van der Waals surface area contributed by atoms with E-state index < -0.39 is 23.7 Å². The third kappa shape index (κ3) is 4.98. The molecule has 1 saturated heterocycles. The second-order valence-corrected chi connectivity index (χ2v) is 8.27. The van der Waals surface area contributed by atoms with Crippen molar-refractivity contribution in [3.63, 3.8) is 0 Å². The Labute approximate surface area is 208 Å².